The van der Waals surface area contributed by atoms with Gasteiger partial charge >= 0.3 is 5.97 Å². The van der Waals surface area contributed by atoms with Gasteiger partial charge in [0.2, 0.25) is 10.0 Å². The van der Waals surface area contributed by atoms with E-state index < -0.39 is 27.5 Å². The van der Waals surface area contributed by atoms with E-state index in [0.29, 0.717) is 18.9 Å². The van der Waals surface area contributed by atoms with Crippen LogP contribution in [0.5, 0.6) is 0 Å². The Morgan fingerprint density at radius 1 is 1.06 bits per heavy atom. The number of benzene rings is 2. The van der Waals surface area contributed by atoms with Gasteiger partial charge in [0, 0.05) is 24.7 Å². The van der Waals surface area contributed by atoms with Crippen LogP contribution in [0.1, 0.15) is 27.8 Å². The van der Waals surface area contributed by atoms with Gasteiger partial charge in [-0.15, -0.1) is 0 Å². The Kier molecular flexibility index (Phi) is 7.58. The van der Waals surface area contributed by atoms with Crippen molar-refractivity contribution in [3.8, 4) is 5.69 Å². The second-order valence-electron chi connectivity index (χ2n) is 7.71. The summed E-state index contributed by atoms with van der Waals surface area (Å²) in [5.74, 6) is -1.47. The lowest BCUT2D eigenvalue weighted by atomic mass is 10.2. The van der Waals surface area contributed by atoms with Crippen LogP contribution in [0.3, 0.4) is 0 Å². The molecule has 1 amide bonds. The summed E-state index contributed by atoms with van der Waals surface area (Å²) in [6.45, 7) is 2.83. The highest BCUT2D eigenvalue weighted by atomic mass is 32.2. The molecule has 36 heavy (non-hydrogen) atoms. The van der Waals surface area contributed by atoms with Gasteiger partial charge < -0.3 is 14.8 Å². The molecule has 2 aromatic carbocycles. The van der Waals surface area contributed by atoms with Gasteiger partial charge in [0.1, 0.15) is 0 Å². The van der Waals surface area contributed by atoms with Gasteiger partial charge in [-0.2, -0.15) is 14.1 Å². The zero-order valence-corrected chi connectivity index (χ0v) is 20.2. The van der Waals surface area contributed by atoms with Crippen molar-refractivity contribution in [2.75, 3.05) is 38.2 Å². The molecule has 0 aliphatic carbocycles. The maximum atomic E-state index is 12.9. The van der Waals surface area contributed by atoms with Crippen LogP contribution < -0.4 is 10.9 Å². The Hall–Kier alpha value is -3.87. The number of carbonyl (C=O) groups is 2. The number of amides is 1. The van der Waals surface area contributed by atoms with Crippen molar-refractivity contribution in [2.45, 2.75) is 11.8 Å². The zero-order chi connectivity index (χ0) is 25.7. The maximum Gasteiger partial charge on any atom is 0.360 e. The molecule has 3 aromatic rings. The number of anilines is 1. The first-order valence-electron chi connectivity index (χ1n) is 11.2. The maximum absolute atomic E-state index is 12.9. The van der Waals surface area contributed by atoms with Crippen molar-refractivity contribution < 1.29 is 27.5 Å². The van der Waals surface area contributed by atoms with Gasteiger partial charge in [0.05, 0.1) is 36.1 Å². The number of morpholine rings is 1. The summed E-state index contributed by atoms with van der Waals surface area (Å²) in [5.41, 5.74) is -0.390. The minimum Gasteiger partial charge on any atom is -0.461 e. The number of carbonyl (C=O) groups excluding carboxylic acids is 2. The minimum atomic E-state index is -3.72. The lowest BCUT2D eigenvalue weighted by Crippen LogP contribution is -2.40. The summed E-state index contributed by atoms with van der Waals surface area (Å²) < 4.78 is 38.2. The molecule has 188 valence electrons. The molecule has 0 spiro atoms. The van der Waals surface area contributed by atoms with E-state index in [4.69, 9.17) is 9.47 Å². The number of rotatable bonds is 7. The van der Waals surface area contributed by atoms with E-state index in [9.17, 15) is 22.8 Å². The highest BCUT2D eigenvalue weighted by Gasteiger charge is 2.26. The van der Waals surface area contributed by atoms with Crippen molar-refractivity contribution in [2.24, 2.45) is 0 Å². The third-order valence-corrected chi connectivity index (χ3v) is 7.29. The monoisotopic (exact) mass is 512 g/mol. The van der Waals surface area contributed by atoms with Crippen LogP contribution in [0.15, 0.2) is 70.4 Å². The van der Waals surface area contributed by atoms with Gasteiger partial charge in [0.25, 0.3) is 11.5 Å². The highest BCUT2D eigenvalue weighted by molar-refractivity contribution is 7.89. The van der Waals surface area contributed by atoms with Gasteiger partial charge in [-0.1, -0.05) is 18.2 Å². The van der Waals surface area contributed by atoms with Crippen LogP contribution >= 0.6 is 0 Å². The van der Waals surface area contributed by atoms with E-state index in [1.54, 1.807) is 37.3 Å². The molecule has 4 rings (SSSR count). The molecule has 1 fully saturated rings. The lowest BCUT2D eigenvalue weighted by Gasteiger charge is -2.26. The van der Waals surface area contributed by atoms with Crippen molar-refractivity contribution in [3.63, 3.8) is 0 Å². The Labute approximate surface area is 207 Å². The third kappa shape index (κ3) is 5.35. The van der Waals surface area contributed by atoms with Crippen LogP contribution in [0.2, 0.25) is 0 Å². The Balaban J connectivity index is 1.61. The van der Waals surface area contributed by atoms with E-state index in [0.717, 1.165) is 10.7 Å². The second-order valence-corrected chi connectivity index (χ2v) is 9.65. The molecule has 0 unspecified atom stereocenters. The van der Waals surface area contributed by atoms with Crippen molar-refractivity contribution in [1.29, 1.82) is 0 Å². The van der Waals surface area contributed by atoms with Crippen molar-refractivity contribution in [3.05, 3.63) is 82.3 Å². The fourth-order valence-electron chi connectivity index (χ4n) is 3.56. The molecule has 1 N–H and O–H groups in total. The first-order valence-corrected chi connectivity index (χ1v) is 12.6. The molecule has 1 aliphatic rings. The third-order valence-electron chi connectivity index (χ3n) is 5.37. The Bertz CT molecular complexity index is 1420. The Morgan fingerprint density at radius 2 is 1.72 bits per heavy atom. The largest absolute Gasteiger partial charge is 0.461 e. The van der Waals surface area contributed by atoms with E-state index >= 15 is 0 Å². The zero-order valence-electron chi connectivity index (χ0n) is 19.4. The van der Waals surface area contributed by atoms with E-state index in [1.165, 1.54) is 28.6 Å². The summed E-state index contributed by atoms with van der Waals surface area (Å²) in [7, 11) is -3.72. The standard InChI is InChI=1S/C24H24N4O7S/c1-2-35-24(31)22-20(16-21(29)28(26-22)18-6-4-3-5-7-18)25-23(30)17-8-10-19(11-9-17)36(32,33)27-12-14-34-15-13-27/h3-11,16H,2,12-15H2,1H3,(H,25,30). The van der Waals surface area contributed by atoms with E-state index in [-0.39, 0.29) is 41.5 Å². The molecular weight excluding hydrogens is 488 g/mol. The van der Waals surface area contributed by atoms with Crippen LogP contribution in [0.4, 0.5) is 5.69 Å². The normalized spacial score (nSPS) is 14.2. The number of sulfonamides is 1. The summed E-state index contributed by atoms with van der Waals surface area (Å²) in [6.07, 6.45) is 0. The number of nitrogens with one attached hydrogen (secondary N) is 1. The fraction of sp³-hybridized carbons (Fsp3) is 0.250. The molecule has 12 heteroatoms. The molecule has 1 aromatic heterocycles. The summed E-state index contributed by atoms with van der Waals surface area (Å²) in [6, 6.07) is 14.9. The molecule has 2 heterocycles. The molecule has 11 nitrogen and oxygen atoms in total. The SMILES string of the molecule is CCOC(=O)c1nn(-c2ccccc2)c(=O)cc1NC(=O)c1ccc(S(=O)(=O)N2CCOCC2)cc1. The molecule has 0 saturated carbocycles. The molecular formula is C24H24N4O7S. The molecule has 0 atom stereocenters. The molecule has 1 aliphatic heterocycles. The number of hydrogen-bond donors (Lipinski definition) is 1. The summed E-state index contributed by atoms with van der Waals surface area (Å²) in [4.78, 5) is 38.2. The minimum absolute atomic E-state index is 0.0419. The van der Waals surface area contributed by atoms with Gasteiger partial charge in [0.15, 0.2) is 5.69 Å². The van der Waals surface area contributed by atoms with Crippen molar-refractivity contribution in [1.82, 2.24) is 14.1 Å². The number of para-hydroxylation sites is 1. The van der Waals surface area contributed by atoms with Gasteiger partial charge in [-0.3, -0.25) is 9.59 Å². The first-order chi connectivity index (χ1) is 17.3. The van der Waals surface area contributed by atoms with E-state index in [1.807, 2.05) is 0 Å². The number of aromatic nitrogens is 2. The quantitative estimate of drug-likeness (QED) is 0.472. The average Bonchev–Trinajstić information content (AvgIpc) is 2.90. The number of nitrogens with zero attached hydrogens (tertiary/aromatic N) is 3. The molecule has 1 saturated heterocycles. The number of hydrogen-bond acceptors (Lipinski definition) is 8. The molecule has 0 bridgehead atoms. The topological polar surface area (TPSA) is 137 Å². The number of ether oxygens (including phenoxy) is 2. The first kappa shape index (κ1) is 25.2. The fourth-order valence-corrected chi connectivity index (χ4v) is 4.97. The predicted molar refractivity (Wildman–Crippen MR) is 130 cm³/mol. The van der Waals surface area contributed by atoms with Crippen LogP contribution in [0, 0.1) is 0 Å². The van der Waals surface area contributed by atoms with Crippen LogP contribution in [-0.2, 0) is 19.5 Å². The second kappa shape index (κ2) is 10.8. The van der Waals surface area contributed by atoms with E-state index in [2.05, 4.69) is 10.4 Å². The highest BCUT2D eigenvalue weighted by Crippen LogP contribution is 2.19. The smallest absolute Gasteiger partial charge is 0.360 e. The molecule has 0 radical (unpaired) electrons. The number of esters is 1. The predicted octanol–water partition coefficient (Wildman–Crippen LogP) is 1.68. The van der Waals surface area contributed by atoms with Crippen LogP contribution in [-0.4, -0.2) is 67.3 Å². The van der Waals surface area contributed by atoms with Gasteiger partial charge in [-0.05, 0) is 43.3 Å². The lowest BCUT2D eigenvalue weighted by molar-refractivity contribution is 0.0518. The van der Waals surface area contributed by atoms with Gasteiger partial charge in [-0.25, -0.2) is 13.2 Å². The Morgan fingerprint density at radius 3 is 2.36 bits per heavy atom. The van der Waals surface area contributed by atoms with Crippen LogP contribution in [0.25, 0.3) is 5.69 Å². The average molecular weight is 513 g/mol. The summed E-state index contributed by atoms with van der Waals surface area (Å²) >= 11 is 0. The van der Waals surface area contributed by atoms with Crippen molar-refractivity contribution >= 4 is 27.6 Å². The summed E-state index contributed by atoms with van der Waals surface area (Å²) in [5, 5.41) is 6.64.